The number of carbonyl (C=O) groups is 1. The van der Waals surface area contributed by atoms with Crippen LogP contribution in [-0.4, -0.2) is 51.9 Å². The molecule has 4 aromatic heterocycles. The first kappa shape index (κ1) is 20.7. The number of anilines is 1. The highest BCUT2D eigenvalue weighted by atomic mass is 35.5. The van der Waals surface area contributed by atoms with E-state index in [0.29, 0.717) is 33.5 Å². The molecule has 0 aliphatic heterocycles. The molecule has 1 saturated carbocycles. The van der Waals surface area contributed by atoms with E-state index in [4.69, 9.17) is 11.6 Å². The van der Waals surface area contributed by atoms with Gasteiger partial charge < -0.3 is 9.72 Å². The third-order valence-electron chi connectivity index (χ3n) is 6.05. The van der Waals surface area contributed by atoms with Crippen molar-refractivity contribution in [1.29, 1.82) is 0 Å². The highest BCUT2D eigenvalue weighted by Crippen LogP contribution is 2.41. The molecule has 3 atom stereocenters. The van der Waals surface area contributed by atoms with Gasteiger partial charge in [0.05, 0.1) is 34.9 Å². The molecule has 0 bridgehead atoms. The van der Waals surface area contributed by atoms with E-state index in [1.807, 2.05) is 0 Å². The molecule has 4 heterocycles. The minimum Gasteiger partial charge on any atom is -0.309 e. The molecule has 3 unspecified atom stereocenters. The lowest BCUT2D eigenvalue weighted by atomic mass is 9.97. The SMILES string of the molecule is CC(c1c(F)c(Cl)c(-c2ccc3nc(NC(=O)C4CC4F)cn3c2)c2cn[nH]c12)n1cnnn1. The summed E-state index contributed by atoms with van der Waals surface area (Å²) < 4.78 is 31.9. The van der Waals surface area contributed by atoms with Crippen LogP contribution in [0.2, 0.25) is 5.02 Å². The maximum atomic E-state index is 15.6. The number of nitrogens with zero attached hydrogens (tertiary/aromatic N) is 7. The van der Waals surface area contributed by atoms with Gasteiger partial charge in [0.25, 0.3) is 0 Å². The highest BCUT2D eigenvalue weighted by Gasteiger charge is 2.43. The predicted octanol–water partition coefficient (Wildman–Crippen LogP) is 3.56. The van der Waals surface area contributed by atoms with Crippen molar-refractivity contribution < 1.29 is 13.6 Å². The number of alkyl halides is 1. The highest BCUT2D eigenvalue weighted by molar-refractivity contribution is 6.35. The van der Waals surface area contributed by atoms with Gasteiger partial charge in [0.2, 0.25) is 5.91 Å². The molecular formula is C21H16ClF2N9O. The summed E-state index contributed by atoms with van der Waals surface area (Å²) in [5, 5.41) is 21.3. The lowest BCUT2D eigenvalue weighted by Gasteiger charge is -2.17. The van der Waals surface area contributed by atoms with Gasteiger partial charge in [0.15, 0.2) is 5.82 Å². The number of amides is 1. The summed E-state index contributed by atoms with van der Waals surface area (Å²) in [4.78, 5) is 16.4. The first-order chi connectivity index (χ1) is 16.4. The number of rotatable bonds is 5. The van der Waals surface area contributed by atoms with Gasteiger partial charge in [0, 0.05) is 28.3 Å². The van der Waals surface area contributed by atoms with Crippen molar-refractivity contribution in [2.24, 2.45) is 5.92 Å². The molecule has 34 heavy (non-hydrogen) atoms. The zero-order chi connectivity index (χ0) is 23.6. The van der Waals surface area contributed by atoms with Crippen LogP contribution in [0.5, 0.6) is 0 Å². The number of aromatic amines is 1. The Morgan fingerprint density at radius 1 is 1.35 bits per heavy atom. The van der Waals surface area contributed by atoms with Crippen LogP contribution in [0.1, 0.15) is 24.9 Å². The second-order valence-corrected chi connectivity index (χ2v) is 8.58. The van der Waals surface area contributed by atoms with Gasteiger partial charge >= 0.3 is 0 Å². The van der Waals surface area contributed by atoms with Crippen LogP contribution in [0.3, 0.4) is 0 Å². The number of imidazole rings is 1. The van der Waals surface area contributed by atoms with Crippen molar-refractivity contribution in [3.63, 3.8) is 0 Å². The minimum atomic E-state index is -1.09. The van der Waals surface area contributed by atoms with Gasteiger partial charge in [0.1, 0.15) is 24.0 Å². The Morgan fingerprint density at radius 3 is 2.91 bits per heavy atom. The van der Waals surface area contributed by atoms with Crippen LogP contribution in [0.25, 0.3) is 27.7 Å². The Bertz CT molecular complexity index is 1560. The third kappa shape index (κ3) is 3.21. The standard InChI is InChI=1S/C21H16ClF2N9O/c1-9(33-8-26-30-31-33)16-19(24)18(22)17(12-5-25-29-20(12)16)10-2-3-15-27-14(7-32(15)6-10)28-21(34)11-4-13(11)23/h2-3,5-9,11,13H,4H2,1H3,(H,25,29)(H,28,34). The molecule has 5 aromatic rings. The number of pyridine rings is 1. The molecule has 13 heteroatoms. The topological polar surface area (TPSA) is 119 Å². The summed E-state index contributed by atoms with van der Waals surface area (Å²) in [5.41, 5.74) is 2.38. The molecule has 1 aromatic carbocycles. The molecule has 0 saturated heterocycles. The average molecular weight is 484 g/mol. The van der Waals surface area contributed by atoms with Crippen molar-refractivity contribution in [2.75, 3.05) is 5.32 Å². The summed E-state index contributed by atoms with van der Waals surface area (Å²) in [5.74, 6) is -1.32. The normalized spacial score (nSPS) is 18.5. The summed E-state index contributed by atoms with van der Waals surface area (Å²) >= 11 is 6.56. The smallest absolute Gasteiger partial charge is 0.231 e. The number of aromatic nitrogens is 8. The van der Waals surface area contributed by atoms with Gasteiger partial charge in [-0.1, -0.05) is 11.6 Å². The van der Waals surface area contributed by atoms with E-state index in [0.717, 1.165) is 0 Å². The lowest BCUT2D eigenvalue weighted by molar-refractivity contribution is -0.117. The monoisotopic (exact) mass is 483 g/mol. The van der Waals surface area contributed by atoms with E-state index in [2.05, 4.69) is 36.0 Å². The maximum Gasteiger partial charge on any atom is 0.231 e. The van der Waals surface area contributed by atoms with Crippen LogP contribution >= 0.6 is 11.6 Å². The molecule has 1 amide bonds. The third-order valence-corrected chi connectivity index (χ3v) is 6.40. The van der Waals surface area contributed by atoms with E-state index in [-0.39, 0.29) is 17.0 Å². The van der Waals surface area contributed by atoms with E-state index >= 15 is 4.39 Å². The summed E-state index contributed by atoms with van der Waals surface area (Å²) in [6.07, 6.45) is 5.45. The maximum absolute atomic E-state index is 15.6. The van der Waals surface area contributed by atoms with Crippen molar-refractivity contribution >= 4 is 39.9 Å². The van der Waals surface area contributed by atoms with Gasteiger partial charge in [-0.05, 0) is 35.9 Å². The number of benzene rings is 1. The second-order valence-electron chi connectivity index (χ2n) is 8.20. The van der Waals surface area contributed by atoms with Crippen LogP contribution < -0.4 is 5.32 Å². The minimum absolute atomic E-state index is 0.0699. The number of fused-ring (bicyclic) bond motifs is 2. The van der Waals surface area contributed by atoms with Crippen molar-refractivity contribution in [2.45, 2.75) is 25.6 Å². The number of nitrogens with one attached hydrogen (secondary N) is 2. The Hall–Kier alpha value is -3.93. The number of hydrogen-bond donors (Lipinski definition) is 2. The fourth-order valence-corrected chi connectivity index (χ4v) is 4.46. The van der Waals surface area contributed by atoms with E-state index in [9.17, 15) is 9.18 Å². The zero-order valence-corrected chi connectivity index (χ0v) is 18.3. The van der Waals surface area contributed by atoms with E-state index in [1.54, 1.807) is 42.0 Å². The molecule has 1 aliphatic carbocycles. The predicted molar refractivity (Wildman–Crippen MR) is 119 cm³/mol. The lowest BCUT2D eigenvalue weighted by Crippen LogP contribution is -2.15. The van der Waals surface area contributed by atoms with Crippen LogP contribution in [-0.2, 0) is 4.79 Å². The van der Waals surface area contributed by atoms with E-state index < -0.39 is 29.9 Å². The van der Waals surface area contributed by atoms with Gasteiger partial charge in [-0.25, -0.2) is 18.4 Å². The molecular weight excluding hydrogens is 468 g/mol. The fraction of sp³-hybridized carbons (Fsp3) is 0.238. The number of halogens is 3. The van der Waals surface area contributed by atoms with Crippen molar-refractivity contribution in [1.82, 2.24) is 39.8 Å². The molecule has 2 N–H and O–H groups in total. The quantitative estimate of drug-likeness (QED) is 0.394. The fourth-order valence-electron chi connectivity index (χ4n) is 4.14. The van der Waals surface area contributed by atoms with Crippen LogP contribution in [0.4, 0.5) is 14.6 Å². The Morgan fingerprint density at radius 2 is 2.18 bits per heavy atom. The van der Waals surface area contributed by atoms with Crippen LogP contribution in [0.15, 0.2) is 37.1 Å². The van der Waals surface area contributed by atoms with Crippen LogP contribution in [0, 0.1) is 11.7 Å². The largest absolute Gasteiger partial charge is 0.309 e. The number of H-pyrrole nitrogens is 1. The van der Waals surface area contributed by atoms with Gasteiger partial charge in [-0.2, -0.15) is 5.10 Å². The number of hydrogen-bond acceptors (Lipinski definition) is 6. The molecule has 6 rings (SSSR count). The van der Waals surface area contributed by atoms with Gasteiger partial charge in [-0.3, -0.25) is 9.89 Å². The number of carbonyl (C=O) groups excluding carboxylic acids is 1. The van der Waals surface area contributed by atoms with Crippen molar-refractivity contribution in [3.05, 3.63) is 53.5 Å². The Labute approximate surface area is 194 Å². The summed E-state index contributed by atoms with van der Waals surface area (Å²) in [6.45, 7) is 1.76. The molecule has 1 aliphatic rings. The molecule has 10 nitrogen and oxygen atoms in total. The zero-order valence-electron chi connectivity index (χ0n) is 17.6. The second kappa shape index (κ2) is 7.55. The first-order valence-corrected chi connectivity index (χ1v) is 10.8. The number of tetrazole rings is 1. The average Bonchev–Trinajstić information content (AvgIpc) is 3.26. The molecule has 0 radical (unpaired) electrons. The molecule has 1 fully saturated rings. The van der Waals surface area contributed by atoms with Gasteiger partial charge in [-0.15, -0.1) is 5.10 Å². The molecule has 172 valence electrons. The summed E-state index contributed by atoms with van der Waals surface area (Å²) in [6, 6.07) is 2.93. The van der Waals surface area contributed by atoms with Crippen molar-refractivity contribution in [3.8, 4) is 11.1 Å². The Kier molecular flexibility index (Phi) is 4.59. The molecule has 0 spiro atoms. The first-order valence-electron chi connectivity index (χ1n) is 10.4. The van der Waals surface area contributed by atoms with E-state index in [1.165, 1.54) is 11.0 Å². The summed E-state index contributed by atoms with van der Waals surface area (Å²) in [7, 11) is 0. The Balaban J connectivity index is 1.43.